The number of benzene rings is 1. The molecule has 20 heavy (non-hydrogen) atoms. The highest BCUT2D eigenvalue weighted by Crippen LogP contribution is 2.30. The quantitative estimate of drug-likeness (QED) is 0.441. The van der Waals surface area contributed by atoms with E-state index in [1.807, 2.05) is 0 Å². The fourth-order valence-corrected chi connectivity index (χ4v) is 1.68. The Kier molecular flexibility index (Phi) is 2.68. The lowest BCUT2D eigenvalue weighted by molar-refractivity contribution is -0.384. The van der Waals surface area contributed by atoms with E-state index in [1.54, 1.807) is 12.1 Å². The van der Waals surface area contributed by atoms with Crippen LogP contribution < -0.4 is 5.73 Å². The first-order valence-corrected chi connectivity index (χ1v) is 5.57. The van der Waals surface area contributed by atoms with E-state index in [2.05, 4.69) is 10.1 Å². The van der Waals surface area contributed by atoms with Gasteiger partial charge in [-0.15, -0.1) is 0 Å². The highest BCUT2D eigenvalue weighted by atomic mass is 16.6. The summed E-state index contributed by atoms with van der Waals surface area (Å²) in [5.74, 6) is 0.775. The number of rotatable bonds is 3. The summed E-state index contributed by atoms with van der Waals surface area (Å²) in [6, 6.07) is 7.38. The third-order valence-corrected chi connectivity index (χ3v) is 2.65. The van der Waals surface area contributed by atoms with Gasteiger partial charge in [0.2, 0.25) is 5.82 Å². The Morgan fingerprint density at radius 1 is 1.30 bits per heavy atom. The SMILES string of the molecule is Nc1ccc([N+](=O)[O-])cc1-c1nc(-c2ccco2)no1. The van der Waals surface area contributed by atoms with E-state index in [0.717, 1.165) is 0 Å². The van der Waals surface area contributed by atoms with Gasteiger partial charge in [-0.05, 0) is 18.2 Å². The lowest BCUT2D eigenvalue weighted by Crippen LogP contribution is -1.94. The molecule has 0 spiro atoms. The summed E-state index contributed by atoms with van der Waals surface area (Å²) in [5, 5.41) is 14.5. The molecule has 0 amide bonds. The molecule has 100 valence electrons. The number of aromatic nitrogens is 2. The molecule has 0 saturated heterocycles. The number of furan rings is 1. The Hall–Kier alpha value is -3.16. The summed E-state index contributed by atoms with van der Waals surface area (Å²) < 4.78 is 10.2. The van der Waals surface area contributed by atoms with Crippen molar-refractivity contribution in [2.75, 3.05) is 5.73 Å². The maximum Gasteiger partial charge on any atom is 0.270 e. The minimum absolute atomic E-state index is 0.0950. The van der Waals surface area contributed by atoms with Gasteiger partial charge >= 0.3 is 0 Å². The van der Waals surface area contributed by atoms with E-state index >= 15 is 0 Å². The van der Waals surface area contributed by atoms with Crippen LogP contribution in [-0.2, 0) is 0 Å². The Labute approximate surface area is 112 Å². The highest BCUT2D eigenvalue weighted by molar-refractivity contribution is 5.73. The minimum atomic E-state index is -0.521. The summed E-state index contributed by atoms with van der Waals surface area (Å²) in [4.78, 5) is 14.4. The standard InChI is InChI=1S/C12H8N4O4/c13-9-4-3-7(16(17)18)6-8(9)12-14-11(15-20-12)10-2-1-5-19-10/h1-6H,13H2. The monoisotopic (exact) mass is 272 g/mol. The second-order valence-electron chi connectivity index (χ2n) is 3.93. The fourth-order valence-electron chi connectivity index (χ4n) is 1.68. The molecule has 2 N–H and O–H groups in total. The van der Waals surface area contributed by atoms with Gasteiger partial charge in [0.25, 0.3) is 11.6 Å². The smallest absolute Gasteiger partial charge is 0.270 e. The van der Waals surface area contributed by atoms with Crippen LogP contribution in [0.4, 0.5) is 11.4 Å². The maximum absolute atomic E-state index is 10.8. The molecule has 0 atom stereocenters. The van der Waals surface area contributed by atoms with Crippen molar-refractivity contribution in [1.82, 2.24) is 10.1 Å². The molecule has 0 saturated carbocycles. The van der Waals surface area contributed by atoms with Crippen molar-refractivity contribution >= 4 is 11.4 Å². The van der Waals surface area contributed by atoms with Crippen LogP contribution in [0.3, 0.4) is 0 Å². The second kappa shape index (κ2) is 4.50. The minimum Gasteiger partial charge on any atom is -0.461 e. The zero-order valence-electron chi connectivity index (χ0n) is 10.0. The zero-order chi connectivity index (χ0) is 14.1. The van der Waals surface area contributed by atoms with Gasteiger partial charge in [0.05, 0.1) is 16.7 Å². The van der Waals surface area contributed by atoms with Crippen LogP contribution >= 0.6 is 0 Å². The van der Waals surface area contributed by atoms with Gasteiger partial charge in [-0.1, -0.05) is 5.16 Å². The lowest BCUT2D eigenvalue weighted by atomic mass is 10.1. The number of nitro benzene ring substituents is 1. The molecule has 8 nitrogen and oxygen atoms in total. The topological polar surface area (TPSA) is 121 Å². The number of nitro groups is 1. The van der Waals surface area contributed by atoms with Crippen molar-refractivity contribution < 1.29 is 13.9 Å². The van der Waals surface area contributed by atoms with Crippen molar-refractivity contribution in [2.24, 2.45) is 0 Å². The van der Waals surface area contributed by atoms with Gasteiger partial charge in [-0.3, -0.25) is 10.1 Å². The number of hydrogen-bond donors (Lipinski definition) is 1. The molecule has 1 aromatic carbocycles. The molecule has 0 aliphatic rings. The van der Waals surface area contributed by atoms with Gasteiger partial charge in [-0.2, -0.15) is 4.98 Å². The number of nitrogens with zero attached hydrogens (tertiary/aromatic N) is 3. The molecular weight excluding hydrogens is 264 g/mol. The van der Waals surface area contributed by atoms with Crippen molar-refractivity contribution in [3.05, 3.63) is 46.7 Å². The predicted molar refractivity (Wildman–Crippen MR) is 68.5 cm³/mol. The van der Waals surface area contributed by atoms with Crippen LogP contribution in [0.25, 0.3) is 23.0 Å². The molecule has 2 heterocycles. The normalized spacial score (nSPS) is 10.6. The van der Waals surface area contributed by atoms with Crippen LogP contribution in [0.15, 0.2) is 45.5 Å². The first-order chi connectivity index (χ1) is 9.65. The fraction of sp³-hybridized carbons (Fsp3) is 0. The lowest BCUT2D eigenvalue weighted by Gasteiger charge is -1.99. The van der Waals surface area contributed by atoms with Crippen LogP contribution in [0, 0.1) is 10.1 Å². The Balaban J connectivity index is 2.05. The van der Waals surface area contributed by atoms with Crippen molar-refractivity contribution in [3.8, 4) is 23.0 Å². The number of nitrogen functional groups attached to an aromatic ring is 1. The van der Waals surface area contributed by atoms with Crippen LogP contribution in [0.5, 0.6) is 0 Å². The summed E-state index contributed by atoms with van der Waals surface area (Å²) in [5.41, 5.74) is 6.29. The number of non-ortho nitro benzene ring substituents is 1. The van der Waals surface area contributed by atoms with Crippen molar-refractivity contribution in [1.29, 1.82) is 0 Å². The zero-order valence-corrected chi connectivity index (χ0v) is 10.0. The van der Waals surface area contributed by atoms with E-state index in [1.165, 1.54) is 24.5 Å². The molecule has 8 heteroatoms. The summed E-state index contributed by atoms with van der Waals surface area (Å²) in [6.07, 6.45) is 1.48. The molecular formula is C12H8N4O4. The van der Waals surface area contributed by atoms with Gasteiger partial charge in [0.15, 0.2) is 5.76 Å². The molecule has 3 aromatic rings. The predicted octanol–water partition coefficient (Wildman–Crippen LogP) is 2.49. The summed E-state index contributed by atoms with van der Waals surface area (Å²) >= 11 is 0. The third kappa shape index (κ3) is 1.99. The average Bonchev–Trinajstić information content (AvgIpc) is 3.10. The molecule has 0 aliphatic heterocycles. The number of hydrogen-bond acceptors (Lipinski definition) is 7. The highest BCUT2D eigenvalue weighted by Gasteiger charge is 2.17. The molecule has 2 aromatic heterocycles. The number of nitrogens with two attached hydrogens (primary N) is 1. The van der Waals surface area contributed by atoms with Crippen LogP contribution in [-0.4, -0.2) is 15.1 Å². The van der Waals surface area contributed by atoms with Gasteiger partial charge in [0.1, 0.15) is 0 Å². The first-order valence-electron chi connectivity index (χ1n) is 5.57. The van der Waals surface area contributed by atoms with Gasteiger partial charge < -0.3 is 14.7 Å². The molecule has 0 radical (unpaired) electrons. The van der Waals surface area contributed by atoms with E-state index in [4.69, 9.17) is 14.7 Å². The second-order valence-corrected chi connectivity index (χ2v) is 3.93. The molecule has 0 aliphatic carbocycles. The maximum atomic E-state index is 10.8. The van der Waals surface area contributed by atoms with Crippen molar-refractivity contribution in [2.45, 2.75) is 0 Å². The summed E-state index contributed by atoms with van der Waals surface area (Å²) in [7, 11) is 0. The average molecular weight is 272 g/mol. The van der Waals surface area contributed by atoms with E-state index in [0.29, 0.717) is 17.0 Å². The summed E-state index contributed by atoms with van der Waals surface area (Å²) in [6.45, 7) is 0. The van der Waals surface area contributed by atoms with Crippen LogP contribution in [0.2, 0.25) is 0 Å². The first kappa shape index (κ1) is 11.9. The van der Waals surface area contributed by atoms with Crippen molar-refractivity contribution in [3.63, 3.8) is 0 Å². The molecule has 3 rings (SSSR count). The molecule has 0 bridgehead atoms. The van der Waals surface area contributed by atoms with Gasteiger partial charge in [0, 0.05) is 17.8 Å². The van der Waals surface area contributed by atoms with Gasteiger partial charge in [-0.25, -0.2) is 0 Å². The third-order valence-electron chi connectivity index (χ3n) is 2.65. The molecule has 0 fully saturated rings. The largest absolute Gasteiger partial charge is 0.461 e. The van der Waals surface area contributed by atoms with E-state index < -0.39 is 4.92 Å². The van der Waals surface area contributed by atoms with Crippen LogP contribution in [0.1, 0.15) is 0 Å². The van der Waals surface area contributed by atoms with E-state index in [-0.39, 0.29) is 17.4 Å². The number of anilines is 1. The molecule has 0 unspecified atom stereocenters. The Morgan fingerprint density at radius 2 is 2.15 bits per heavy atom. The Bertz CT molecular complexity index is 764. The Morgan fingerprint density at radius 3 is 2.85 bits per heavy atom. The van der Waals surface area contributed by atoms with E-state index in [9.17, 15) is 10.1 Å².